The molecule has 0 radical (unpaired) electrons. The first-order chi connectivity index (χ1) is 19.2. The van der Waals surface area contributed by atoms with Crippen LogP contribution >= 0.6 is 0 Å². The molecule has 0 spiro atoms. The Labute approximate surface area is 235 Å². The number of allylic oxidation sites excluding steroid dienone is 9. The lowest BCUT2D eigenvalue weighted by molar-refractivity contribution is 0.560. The summed E-state index contributed by atoms with van der Waals surface area (Å²) >= 11 is 0. The number of hydrogen-bond donors (Lipinski definition) is 0. The normalized spacial score (nSPS) is 22.6. The van der Waals surface area contributed by atoms with E-state index in [-0.39, 0.29) is 0 Å². The molecule has 2 atom stereocenters. The van der Waals surface area contributed by atoms with Crippen molar-refractivity contribution in [1.29, 1.82) is 0 Å². The Morgan fingerprint density at radius 2 is 1.35 bits per heavy atom. The van der Waals surface area contributed by atoms with Gasteiger partial charge in [-0.25, -0.2) is 0 Å². The van der Waals surface area contributed by atoms with Crippen molar-refractivity contribution in [3.05, 3.63) is 124 Å². The van der Waals surface area contributed by atoms with Crippen LogP contribution in [0.15, 0.2) is 68.9 Å². The van der Waals surface area contributed by atoms with E-state index < -0.39 is 0 Å². The van der Waals surface area contributed by atoms with Crippen LogP contribution < -0.4 is 10.4 Å². The quantitative estimate of drug-likeness (QED) is 0.164. The van der Waals surface area contributed by atoms with Gasteiger partial charge < -0.3 is 0 Å². The molecule has 0 heteroatoms. The molecule has 10 rings (SSSR count). The van der Waals surface area contributed by atoms with Gasteiger partial charge in [0.15, 0.2) is 0 Å². The van der Waals surface area contributed by atoms with Crippen LogP contribution in [-0.2, 0) is 0 Å². The summed E-state index contributed by atoms with van der Waals surface area (Å²) in [4.78, 5) is 0. The molecular weight excluding hydrogens is 480 g/mol. The first kappa shape index (κ1) is 21.8. The molecule has 0 amide bonds. The number of hydrogen-bond acceptors (Lipinski definition) is 0. The Hall–Kier alpha value is -4.03. The minimum Gasteiger partial charge on any atom is -0.0908 e. The monoisotopic (exact) mass is 511 g/mol. The van der Waals surface area contributed by atoms with Gasteiger partial charge in [0.2, 0.25) is 0 Å². The van der Waals surface area contributed by atoms with Gasteiger partial charge in [0.25, 0.3) is 0 Å². The van der Waals surface area contributed by atoms with Crippen molar-refractivity contribution in [3.63, 3.8) is 0 Å². The fraction of sp³-hybridized carbons (Fsp3) is 0.225. The fourth-order valence-corrected chi connectivity index (χ4v) is 10.2. The Bertz CT molecular complexity index is 2390. The van der Waals surface area contributed by atoms with Gasteiger partial charge in [0.1, 0.15) is 0 Å². The van der Waals surface area contributed by atoms with E-state index in [9.17, 15) is 0 Å². The molecule has 4 aromatic carbocycles. The molecule has 0 aromatic heterocycles. The van der Waals surface area contributed by atoms with Crippen LogP contribution in [0.1, 0.15) is 72.6 Å². The number of benzene rings is 4. The summed E-state index contributed by atoms with van der Waals surface area (Å²) in [7, 11) is 0. The van der Waals surface area contributed by atoms with Crippen molar-refractivity contribution >= 4 is 51.0 Å². The molecule has 0 nitrogen and oxygen atoms in total. The molecule has 0 heterocycles. The van der Waals surface area contributed by atoms with E-state index in [1.54, 1.807) is 22.3 Å². The summed E-state index contributed by atoms with van der Waals surface area (Å²) in [6, 6.07) is 7.44. The molecule has 0 bridgehead atoms. The van der Waals surface area contributed by atoms with Crippen molar-refractivity contribution in [3.8, 4) is 0 Å². The summed E-state index contributed by atoms with van der Waals surface area (Å²) in [6.07, 6.45) is 7.53. The van der Waals surface area contributed by atoms with Gasteiger partial charge in [-0.1, -0.05) is 6.58 Å². The zero-order valence-electron chi connectivity index (χ0n) is 24.3. The molecule has 6 aliphatic carbocycles. The Morgan fingerprint density at radius 3 is 2.12 bits per heavy atom. The van der Waals surface area contributed by atoms with Gasteiger partial charge in [0.05, 0.1) is 33.2 Å². The summed E-state index contributed by atoms with van der Waals surface area (Å²) < 4.78 is 0. The molecule has 0 N–H and O–H groups in total. The average molecular weight is 512 g/mol. The third kappa shape index (κ3) is 2.00. The van der Waals surface area contributed by atoms with Crippen LogP contribution in [0.25, 0.3) is 51.0 Å². The zero-order chi connectivity index (χ0) is 27.3. The SMILES string of the molecule is C=c1c(C)c2c(C)cc3c4c2c2c1c(C)cc1cc5c6c(c12)[C+]4C1=C(C=C(C)C2=C(C)C(C)=C(C(C)=C5)C6C21)C=3. The molecule has 4 aromatic rings. The minimum absolute atomic E-state index is 0.383. The van der Waals surface area contributed by atoms with Gasteiger partial charge in [-0.2, -0.15) is 0 Å². The molecule has 40 heavy (non-hydrogen) atoms. The highest BCUT2D eigenvalue weighted by atomic mass is 14.5. The Balaban J connectivity index is 1.60. The molecule has 2 unspecified atom stereocenters. The van der Waals surface area contributed by atoms with Gasteiger partial charge in [-0.3, -0.25) is 0 Å². The smallest absolute Gasteiger partial charge is 0.0819 e. The molecule has 6 aliphatic rings. The summed E-state index contributed by atoms with van der Waals surface area (Å²) in [5.74, 6) is 2.31. The average Bonchev–Trinajstić information content (AvgIpc) is 2.90. The van der Waals surface area contributed by atoms with Crippen LogP contribution in [-0.4, -0.2) is 0 Å². The van der Waals surface area contributed by atoms with Crippen molar-refractivity contribution in [1.82, 2.24) is 0 Å². The van der Waals surface area contributed by atoms with E-state index in [2.05, 4.69) is 84.9 Å². The Morgan fingerprint density at radius 1 is 0.650 bits per heavy atom. The standard InChI is InChI=1S/C40H31/c1-15-9-23-13-24-10-17(3)29-21(7)22(8)30-18(4)12-26-14-25-11-16(2)28-20(6)19(5)27(15)35-31(23)39-33(24)37(29)38(30)34(26)40(39)32(25)36(28)35/h9-14,37-38H,5H2,1-4,6-8H3/q+1. The predicted molar refractivity (Wildman–Crippen MR) is 170 cm³/mol. The van der Waals surface area contributed by atoms with Crippen LogP contribution in [0.3, 0.4) is 0 Å². The second kappa shape index (κ2) is 6.31. The third-order valence-corrected chi connectivity index (χ3v) is 11.6. The van der Waals surface area contributed by atoms with Crippen molar-refractivity contribution in [2.75, 3.05) is 0 Å². The zero-order valence-corrected chi connectivity index (χ0v) is 24.3. The Kier molecular flexibility index (Phi) is 3.43. The second-order valence-corrected chi connectivity index (χ2v) is 13.4. The molecule has 0 saturated heterocycles. The summed E-state index contributed by atoms with van der Waals surface area (Å²) in [6.45, 7) is 21.1. The number of rotatable bonds is 0. The fourth-order valence-electron chi connectivity index (χ4n) is 10.2. The van der Waals surface area contributed by atoms with E-state index in [0.717, 1.165) is 0 Å². The van der Waals surface area contributed by atoms with E-state index in [4.69, 9.17) is 6.58 Å². The van der Waals surface area contributed by atoms with Gasteiger partial charge in [0, 0.05) is 61.6 Å². The maximum atomic E-state index is 4.70. The van der Waals surface area contributed by atoms with Gasteiger partial charge >= 0.3 is 0 Å². The van der Waals surface area contributed by atoms with Crippen LogP contribution in [0, 0.1) is 32.6 Å². The van der Waals surface area contributed by atoms with Crippen LogP contribution in [0.4, 0.5) is 0 Å². The summed E-state index contributed by atoms with van der Waals surface area (Å²) in [5.41, 5.74) is 22.1. The maximum Gasteiger partial charge on any atom is 0.0819 e. The highest BCUT2D eigenvalue weighted by Gasteiger charge is 2.56. The topological polar surface area (TPSA) is 0 Å². The van der Waals surface area contributed by atoms with Gasteiger partial charge in [-0.05, 0) is 134 Å². The first-order valence-electron chi connectivity index (χ1n) is 14.8. The largest absolute Gasteiger partial charge is 0.0908 e. The summed E-state index contributed by atoms with van der Waals surface area (Å²) in [5, 5.41) is 11.2. The lowest BCUT2D eigenvalue weighted by Gasteiger charge is -2.49. The second-order valence-electron chi connectivity index (χ2n) is 13.4. The van der Waals surface area contributed by atoms with E-state index in [1.807, 2.05) is 0 Å². The lowest BCUT2D eigenvalue weighted by Crippen LogP contribution is -2.41. The van der Waals surface area contributed by atoms with Gasteiger partial charge in [-0.15, -0.1) is 0 Å². The van der Waals surface area contributed by atoms with E-state index in [0.29, 0.717) is 11.8 Å². The number of aryl methyl sites for hydroxylation is 3. The van der Waals surface area contributed by atoms with Crippen molar-refractivity contribution in [2.24, 2.45) is 5.92 Å². The van der Waals surface area contributed by atoms with E-state index in [1.165, 1.54) is 110 Å². The molecule has 0 aliphatic heterocycles. The van der Waals surface area contributed by atoms with Crippen LogP contribution in [0.2, 0.25) is 0 Å². The predicted octanol–water partition coefficient (Wildman–Crippen LogP) is 8.59. The molecule has 0 saturated carbocycles. The van der Waals surface area contributed by atoms with E-state index >= 15 is 0 Å². The third-order valence-electron chi connectivity index (χ3n) is 11.6. The van der Waals surface area contributed by atoms with Crippen molar-refractivity contribution in [2.45, 2.75) is 54.4 Å². The lowest BCUT2D eigenvalue weighted by atomic mass is 9.50. The van der Waals surface area contributed by atoms with Crippen LogP contribution in [0.5, 0.6) is 0 Å². The maximum absolute atomic E-state index is 4.70. The van der Waals surface area contributed by atoms with Crippen molar-refractivity contribution < 1.29 is 0 Å². The molecule has 0 fully saturated rings. The molecule has 190 valence electrons. The molecular formula is C40H31+. The first-order valence-corrected chi connectivity index (χ1v) is 14.8. The minimum atomic E-state index is 0.383. The highest BCUT2D eigenvalue weighted by Crippen LogP contribution is 2.66. The highest BCUT2D eigenvalue weighted by molar-refractivity contribution is 6.28.